The smallest absolute Gasteiger partial charge is 0.326 e. The molecule has 1 heterocycles. The zero-order chi connectivity index (χ0) is 16.3. The Hall–Kier alpha value is -2.54. The van der Waals surface area contributed by atoms with Crippen LogP contribution in [0.4, 0.5) is 0 Å². The van der Waals surface area contributed by atoms with E-state index in [0.29, 0.717) is 5.56 Å². The maximum Gasteiger partial charge on any atom is 0.326 e. The molecule has 22 heavy (non-hydrogen) atoms. The minimum atomic E-state index is -1.13. The third kappa shape index (κ3) is 3.37. The maximum atomic E-state index is 12.1. The standard InChI is InChI=1S/C15H17NO6/c1-22-13-6-9(2-4-12(13)18)3-5-14(19)16-8-10(17)7-11(16)15(20)21/h2-6,10-11,17-18H,7-8H2,1H3,(H,20,21). The highest BCUT2D eigenvalue weighted by atomic mass is 16.5. The summed E-state index contributed by atoms with van der Waals surface area (Å²) in [5, 5.41) is 28.1. The van der Waals surface area contributed by atoms with Gasteiger partial charge in [-0.1, -0.05) is 6.07 Å². The van der Waals surface area contributed by atoms with E-state index in [2.05, 4.69) is 0 Å². The third-order valence-electron chi connectivity index (χ3n) is 3.47. The lowest BCUT2D eigenvalue weighted by atomic mass is 10.1. The van der Waals surface area contributed by atoms with Crippen LogP contribution >= 0.6 is 0 Å². The molecule has 1 aliphatic heterocycles. The second-order valence-corrected chi connectivity index (χ2v) is 5.00. The number of aliphatic hydroxyl groups is 1. The Morgan fingerprint density at radius 2 is 2.14 bits per heavy atom. The lowest BCUT2D eigenvalue weighted by Crippen LogP contribution is -2.39. The van der Waals surface area contributed by atoms with Gasteiger partial charge in [-0.3, -0.25) is 4.79 Å². The molecule has 0 spiro atoms. The van der Waals surface area contributed by atoms with Crippen LogP contribution in [0.2, 0.25) is 0 Å². The van der Waals surface area contributed by atoms with Crippen LogP contribution < -0.4 is 4.74 Å². The fourth-order valence-electron chi connectivity index (χ4n) is 2.35. The number of β-amino-alcohol motifs (C(OH)–C–C–N with tert-alkyl or cyclic N) is 1. The topological polar surface area (TPSA) is 107 Å². The number of carboxylic acid groups (broad SMARTS) is 1. The number of ether oxygens (including phenoxy) is 1. The number of benzene rings is 1. The van der Waals surface area contributed by atoms with Gasteiger partial charge in [-0.15, -0.1) is 0 Å². The largest absolute Gasteiger partial charge is 0.504 e. The van der Waals surface area contributed by atoms with E-state index in [0.717, 1.165) is 4.90 Å². The number of aliphatic hydroxyl groups excluding tert-OH is 1. The highest BCUT2D eigenvalue weighted by Gasteiger charge is 2.37. The van der Waals surface area contributed by atoms with E-state index in [-0.39, 0.29) is 24.5 Å². The number of phenolic OH excluding ortho intramolecular Hbond substituents is 1. The number of aromatic hydroxyl groups is 1. The van der Waals surface area contributed by atoms with E-state index >= 15 is 0 Å². The number of rotatable bonds is 4. The van der Waals surface area contributed by atoms with Crippen molar-refractivity contribution in [1.29, 1.82) is 0 Å². The number of amides is 1. The van der Waals surface area contributed by atoms with Crippen molar-refractivity contribution in [3.8, 4) is 11.5 Å². The number of methoxy groups -OCH3 is 1. The van der Waals surface area contributed by atoms with E-state index in [4.69, 9.17) is 9.84 Å². The Morgan fingerprint density at radius 3 is 2.77 bits per heavy atom. The first-order valence-electron chi connectivity index (χ1n) is 6.69. The summed E-state index contributed by atoms with van der Waals surface area (Å²) in [5.74, 6) is -1.37. The summed E-state index contributed by atoms with van der Waals surface area (Å²) in [6.07, 6.45) is 1.93. The molecule has 1 amide bonds. The summed E-state index contributed by atoms with van der Waals surface area (Å²) < 4.78 is 4.96. The predicted octanol–water partition coefficient (Wildman–Crippen LogP) is 0.460. The van der Waals surface area contributed by atoms with Gasteiger partial charge < -0.3 is 25.0 Å². The van der Waals surface area contributed by atoms with Crippen molar-refractivity contribution in [3.05, 3.63) is 29.8 Å². The Bertz CT molecular complexity index is 612. The first-order chi connectivity index (χ1) is 10.4. The Balaban J connectivity index is 2.12. The first-order valence-corrected chi connectivity index (χ1v) is 6.69. The van der Waals surface area contributed by atoms with Gasteiger partial charge in [0.05, 0.1) is 13.2 Å². The molecule has 1 saturated heterocycles. The van der Waals surface area contributed by atoms with Gasteiger partial charge in [-0.2, -0.15) is 0 Å². The summed E-state index contributed by atoms with van der Waals surface area (Å²) in [6, 6.07) is 3.56. The van der Waals surface area contributed by atoms with Crippen LogP contribution in [0.15, 0.2) is 24.3 Å². The van der Waals surface area contributed by atoms with Gasteiger partial charge in [0.2, 0.25) is 5.91 Å². The molecule has 1 fully saturated rings. The third-order valence-corrected chi connectivity index (χ3v) is 3.47. The SMILES string of the molecule is COc1cc(C=CC(=O)N2CC(O)CC2C(=O)O)ccc1O. The van der Waals surface area contributed by atoms with Crippen LogP contribution in [0, 0.1) is 0 Å². The Kier molecular flexibility index (Phi) is 4.67. The van der Waals surface area contributed by atoms with Crippen molar-refractivity contribution in [1.82, 2.24) is 4.90 Å². The number of phenols is 1. The number of hydrogen-bond donors (Lipinski definition) is 3. The Morgan fingerprint density at radius 1 is 1.41 bits per heavy atom. The fourth-order valence-corrected chi connectivity index (χ4v) is 2.35. The summed E-state index contributed by atoms with van der Waals surface area (Å²) >= 11 is 0. The molecule has 2 atom stereocenters. The van der Waals surface area contributed by atoms with Gasteiger partial charge in [0.15, 0.2) is 11.5 Å². The molecule has 0 aromatic heterocycles. The summed E-state index contributed by atoms with van der Waals surface area (Å²) in [4.78, 5) is 24.3. The summed E-state index contributed by atoms with van der Waals surface area (Å²) in [5.41, 5.74) is 0.620. The van der Waals surface area contributed by atoms with Crippen LogP contribution in [-0.4, -0.2) is 57.9 Å². The van der Waals surface area contributed by atoms with Crippen molar-refractivity contribution in [2.45, 2.75) is 18.6 Å². The number of aliphatic carboxylic acids is 1. The molecule has 1 aromatic carbocycles. The van der Waals surface area contributed by atoms with Gasteiger partial charge in [-0.05, 0) is 23.8 Å². The molecule has 0 aliphatic carbocycles. The van der Waals surface area contributed by atoms with Crippen molar-refractivity contribution >= 4 is 18.0 Å². The quantitative estimate of drug-likeness (QED) is 0.698. The highest BCUT2D eigenvalue weighted by Crippen LogP contribution is 2.27. The van der Waals surface area contributed by atoms with Crippen molar-refractivity contribution in [3.63, 3.8) is 0 Å². The number of carboxylic acids is 1. The maximum absolute atomic E-state index is 12.1. The van der Waals surface area contributed by atoms with Crippen molar-refractivity contribution in [2.24, 2.45) is 0 Å². The molecule has 3 N–H and O–H groups in total. The van der Waals surface area contributed by atoms with Gasteiger partial charge in [-0.25, -0.2) is 4.79 Å². The minimum absolute atomic E-state index is 0.000953. The molecule has 2 rings (SSSR count). The normalized spacial score (nSPS) is 21.3. The molecule has 0 saturated carbocycles. The zero-order valence-electron chi connectivity index (χ0n) is 12.0. The average molecular weight is 307 g/mol. The molecule has 7 nitrogen and oxygen atoms in total. The van der Waals surface area contributed by atoms with Crippen LogP contribution in [0.25, 0.3) is 6.08 Å². The molecule has 0 bridgehead atoms. The summed E-state index contributed by atoms with van der Waals surface area (Å²) in [7, 11) is 1.41. The minimum Gasteiger partial charge on any atom is -0.504 e. The van der Waals surface area contributed by atoms with E-state index in [1.54, 1.807) is 12.1 Å². The van der Waals surface area contributed by atoms with Gasteiger partial charge in [0, 0.05) is 19.0 Å². The molecule has 7 heteroatoms. The Labute approximate surface area is 127 Å². The fraction of sp³-hybridized carbons (Fsp3) is 0.333. The molecule has 2 unspecified atom stereocenters. The molecular weight excluding hydrogens is 290 g/mol. The number of carbonyl (C=O) groups is 2. The van der Waals surface area contributed by atoms with Crippen LogP contribution in [0.5, 0.6) is 11.5 Å². The van der Waals surface area contributed by atoms with Gasteiger partial charge in [0.1, 0.15) is 6.04 Å². The monoisotopic (exact) mass is 307 g/mol. The van der Waals surface area contributed by atoms with Crippen molar-refractivity contribution in [2.75, 3.05) is 13.7 Å². The first kappa shape index (κ1) is 15.8. The lowest BCUT2D eigenvalue weighted by Gasteiger charge is -2.19. The van der Waals surface area contributed by atoms with Gasteiger partial charge in [0.25, 0.3) is 0 Å². The van der Waals surface area contributed by atoms with E-state index < -0.39 is 24.0 Å². The number of carbonyl (C=O) groups excluding carboxylic acids is 1. The van der Waals surface area contributed by atoms with Crippen LogP contribution in [0.1, 0.15) is 12.0 Å². The molecule has 0 radical (unpaired) electrons. The van der Waals surface area contributed by atoms with E-state index in [1.807, 2.05) is 0 Å². The van der Waals surface area contributed by atoms with Gasteiger partial charge >= 0.3 is 5.97 Å². The zero-order valence-corrected chi connectivity index (χ0v) is 12.0. The van der Waals surface area contributed by atoms with E-state index in [1.165, 1.54) is 25.3 Å². The van der Waals surface area contributed by atoms with E-state index in [9.17, 15) is 19.8 Å². The second kappa shape index (κ2) is 6.48. The molecular formula is C15H17NO6. The summed E-state index contributed by atoms with van der Waals surface area (Å²) in [6.45, 7) is -0.000953. The number of nitrogens with zero attached hydrogens (tertiary/aromatic N) is 1. The van der Waals surface area contributed by atoms with Crippen LogP contribution in [0.3, 0.4) is 0 Å². The molecule has 1 aromatic rings. The molecule has 1 aliphatic rings. The number of likely N-dealkylation sites (tertiary alicyclic amines) is 1. The molecule has 118 valence electrons. The number of hydrogen-bond acceptors (Lipinski definition) is 5. The second-order valence-electron chi connectivity index (χ2n) is 5.00. The average Bonchev–Trinajstić information content (AvgIpc) is 2.88. The highest BCUT2D eigenvalue weighted by molar-refractivity contribution is 5.95. The van der Waals surface area contributed by atoms with Crippen LogP contribution in [-0.2, 0) is 9.59 Å². The lowest BCUT2D eigenvalue weighted by molar-refractivity contribution is -0.146. The predicted molar refractivity (Wildman–Crippen MR) is 77.5 cm³/mol. The van der Waals surface area contributed by atoms with Crippen molar-refractivity contribution < 1.29 is 29.6 Å².